The molecule has 0 unspecified atom stereocenters. The number of carbonyl (C=O) groups excluding carboxylic acids is 2. The minimum absolute atomic E-state index is 0.0116. The fourth-order valence-electron chi connectivity index (χ4n) is 2.14. The molecule has 0 aliphatic rings. The van der Waals surface area contributed by atoms with Crippen LogP contribution in [0.2, 0.25) is 0 Å². The molecular weight excluding hydrogens is 360 g/mol. The number of hydrogen-bond donors (Lipinski definition) is 0. The highest BCUT2D eigenvalue weighted by molar-refractivity contribution is 5.87. The van der Waals surface area contributed by atoms with E-state index in [0.29, 0.717) is 6.29 Å². The van der Waals surface area contributed by atoms with E-state index in [-0.39, 0.29) is 29.4 Å². The molecule has 0 saturated carbocycles. The first-order chi connectivity index (χ1) is 12.6. The first-order valence-electron chi connectivity index (χ1n) is 7.94. The molecule has 144 valence electrons. The van der Waals surface area contributed by atoms with E-state index in [1.54, 1.807) is 20.8 Å². The van der Waals surface area contributed by atoms with Gasteiger partial charge in [0.1, 0.15) is 5.60 Å². The Bertz CT molecular complexity index is 853. The van der Waals surface area contributed by atoms with Crippen molar-refractivity contribution < 1.29 is 27.8 Å². The number of methoxy groups -OCH3 is 1. The Morgan fingerprint density at radius 3 is 2.41 bits per heavy atom. The van der Waals surface area contributed by atoms with Crippen LogP contribution in [0.1, 0.15) is 36.7 Å². The van der Waals surface area contributed by atoms with E-state index in [1.807, 2.05) is 0 Å². The minimum atomic E-state index is -0.896. The first kappa shape index (κ1) is 20.2. The van der Waals surface area contributed by atoms with Gasteiger partial charge in [0.15, 0.2) is 23.7 Å². The maximum Gasteiger partial charge on any atom is 0.416 e. The van der Waals surface area contributed by atoms with Crippen LogP contribution in [0, 0.1) is 11.6 Å². The predicted octanol–water partition coefficient (Wildman–Crippen LogP) is 3.52. The van der Waals surface area contributed by atoms with Crippen molar-refractivity contribution in [1.82, 2.24) is 9.97 Å². The molecule has 1 amide bonds. The third-order valence-corrected chi connectivity index (χ3v) is 3.25. The zero-order valence-corrected chi connectivity index (χ0v) is 15.3. The molecule has 9 heteroatoms. The number of nitrogens with zero attached hydrogens (tertiary/aromatic N) is 3. The molecule has 0 radical (unpaired) electrons. The van der Waals surface area contributed by atoms with Crippen molar-refractivity contribution in [1.29, 1.82) is 0 Å². The zero-order chi connectivity index (χ0) is 20.2. The van der Waals surface area contributed by atoms with E-state index in [2.05, 4.69) is 9.97 Å². The van der Waals surface area contributed by atoms with Crippen molar-refractivity contribution in [2.75, 3.05) is 12.0 Å². The Hall–Kier alpha value is -3.10. The Morgan fingerprint density at radius 2 is 1.89 bits per heavy atom. The summed E-state index contributed by atoms with van der Waals surface area (Å²) in [6, 6.07) is 2.06. The van der Waals surface area contributed by atoms with Crippen LogP contribution in [-0.2, 0) is 11.3 Å². The molecule has 0 atom stereocenters. The van der Waals surface area contributed by atoms with Gasteiger partial charge >= 0.3 is 6.09 Å². The lowest BCUT2D eigenvalue weighted by atomic mass is 10.2. The van der Waals surface area contributed by atoms with Crippen molar-refractivity contribution in [2.45, 2.75) is 32.9 Å². The Balaban J connectivity index is 2.42. The van der Waals surface area contributed by atoms with Crippen molar-refractivity contribution in [2.24, 2.45) is 0 Å². The highest BCUT2D eigenvalue weighted by atomic mass is 19.1. The number of halogens is 2. The third-order valence-electron chi connectivity index (χ3n) is 3.25. The molecule has 0 fully saturated rings. The second kappa shape index (κ2) is 8.07. The molecule has 0 aliphatic carbocycles. The van der Waals surface area contributed by atoms with Crippen LogP contribution in [0.4, 0.5) is 19.4 Å². The Labute approximate surface area is 154 Å². The maximum atomic E-state index is 14.4. The minimum Gasteiger partial charge on any atom is -0.479 e. The largest absolute Gasteiger partial charge is 0.479 e. The number of aromatic nitrogens is 2. The van der Waals surface area contributed by atoms with E-state index in [0.717, 1.165) is 23.2 Å². The molecule has 2 heterocycles. The number of ether oxygens (including phenoxy) is 2. The second-order valence-corrected chi connectivity index (χ2v) is 6.59. The van der Waals surface area contributed by atoms with E-state index in [1.165, 1.54) is 13.3 Å². The number of pyridine rings is 2. The van der Waals surface area contributed by atoms with Gasteiger partial charge < -0.3 is 9.47 Å². The molecule has 2 aromatic heterocycles. The molecule has 0 N–H and O–H groups in total. The Morgan fingerprint density at radius 1 is 1.19 bits per heavy atom. The summed E-state index contributed by atoms with van der Waals surface area (Å²) in [5.41, 5.74) is -0.574. The van der Waals surface area contributed by atoms with Crippen molar-refractivity contribution in [3.63, 3.8) is 0 Å². The second-order valence-electron chi connectivity index (χ2n) is 6.59. The van der Waals surface area contributed by atoms with Gasteiger partial charge in [0, 0.05) is 18.0 Å². The number of amides is 1. The SMILES string of the molecule is COc1ncc(CN(C(=O)OC(C)(C)C)c2ncc(C=O)cc2F)cc1F. The summed E-state index contributed by atoms with van der Waals surface area (Å²) in [5, 5.41) is 0. The summed E-state index contributed by atoms with van der Waals surface area (Å²) >= 11 is 0. The van der Waals surface area contributed by atoms with Gasteiger partial charge in [-0.1, -0.05) is 0 Å². The van der Waals surface area contributed by atoms with Crippen molar-refractivity contribution >= 4 is 18.2 Å². The summed E-state index contributed by atoms with van der Waals surface area (Å²) in [6.45, 7) is 4.69. The Kier molecular flexibility index (Phi) is 6.04. The van der Waals surface area contributed by atoms with Crippen molar-refractivity contribution in [3.05, 3.63) is 47.3 Å². The van der Waals surface area contributed by atoms with Gasteiger partial charge in [-0.15, -0.1) is 0 Å². The zero-order valence-electron chi connectivity index (χ0n) is 15.3. The molecule has 0 aromatic carbocycles. The summed E-state index contributed by atoms with van der Waals surface area (Å²) in [5.74, 6) is -2.19. The van der Waals surface area contributed by atoms with Gasteiger partial charge in [-0.25, -0.2) is 23.5 Å². The molecule has 2 aromatic rings. The van der Waals surface area contributed by atoms with Gasteiger partial charge in [0.05, 0.1) is 13.7 Å². The monoisotopic (exact) mass is 379 g/mol. The first-order valence-corrected chi connectivity index (χ1v) is 7.94. The molecule has 0 saturated heterocycles. The number of aldehydes is 1. The smallest absolute Gasteiger partial charge is 0.416 e. The van der Waals surface area contributed by atoms with E-state index < -0.39 is 23.3 Å². The maximum absolute atomic E-state index is 14.4. The van der Waals surface area contributed by atoms with E-state index in [4.69, 9.17) is 9.47 Å². The summed E-state index contributed by atoms with van der Waals surface area (Å²) in [4.78, 5) is 31.9. The van der Waals surface area contributed by atoms with Crippen LogP contribution in [0.15, 0.2) is 24.5 Å². The molecule has 2 rings (SSSR count). The fourth-order valence-corrected chi connectivity index (χ4v) is 2.14. The normalized spacial score (nSPS) is 11.0. The molecule has 0 bridgehead atoms. The lowest BCUT2D eigenvalue weighted by Gasteiger charge is -2.27. The highest BCUT2D eigenvalue weighted by Gasteiger charge is 2.27. The topological polar surface area (TPSA) is 81.6 Å². The fraction of sp³-hybridized carbons (Fsp3) is 0.333. The predicted molar refractivity (Wildman–Crippen MR) is 92.7 cm³/mol. The summed E-state index contributed by atoms with van der Waals surface area (Å²) in [6.07, 6.45) is 1.96. The lowest BCUT2D eigenvalue weighted by Crippen LogP contribution is -2.37. The number of carbonyl (C=O) groups is 2. The summed E-state index contributed by atoms with van der Waals surface area (Å²) in [7, 11) is 1.27. The third kappa shape index (κ3) is 5.19. The average molecular weight is 379 g/mol. The number of hydrogen-bond acceptors (Lipinski definition) is 6. The van der Waals surface area contributed by atoms with Crippen LogP contribution in [-0.4, -0.2) is 35.1 Å². The molecule has 7 nitrogen and oxygen atoms in total. The van der Waals surface area contributed by atoms with Crippen LogP contribution in [0.5, 0.6) is 5.88 Å². The van der Waals surface area contributed by atoms with Crippen LogP contribution < -0.4 is 9.64 Å². The average Bonchev–Trinajstić information content (AvgIpc) is 2.58. The number of anilines is 1. The van der Waals surface area contributed by atoms with Gasteiger partial charge in [0.2, 0.25) is 5.88 Å². The van der Waals surface area contributed by atoms with Gasteiger partial charge in [-0.3, -0.25) is 9.69 Å². The van der Waals surface area contributed by atoms with Crippen LogP contribution in [0.3, 0.4) is 0 Å². The number of rotatable bonds is 5. The molecular formula is C18H19F2N3O4. The van der Waals surface area contributed by atoms with Crippen molar-refractivity contribution in [3.8, 4) is 5.88 Å². The van der Waals surface area contributed by atoms with E-state index in [9.17, 15) is 18.4 Å². The van der Waals surface area contributed by atoms with E-state index >= 15 is 0 Å². The van der Waals surface area contributed by atoms with Gasteiger partial charge in [0.25, 0.3) is 0 Å². The highest BCUT2D eigenvalue weighted by Crippen LogP contribution is 2.23. The standard InChI is InChI=1S/C18H19F2N3O4/c1-18(2,3)27-17(25)23(15-13(19)6-12(10-24)8-21-15)9-11-5-14(20)16(26-4)22-7-11/h5-8,10H,9H2,1-4H3. The van der Waals surface area contributed by atoms with Gasteiger partial charge in [-0.2, -0.15) is 0 Å². The van der Waals surface area contributed by atoms with Gasteiger partial charge in [-0.05, 0) is 38.5 Å². The quantitative estimate of drug-likeness (QED) is 0.740. The molecule has 27 heavy (non-hydrogen) atoms. The molecule has 0 spiro atoms. The summed E-state index contributed by atoms with van der Waals surface area (Å²) < 4.78 is 38.3. The lowest BCUT2D eigenvalue weighted by molar-refractivity contribution is 0.0575. The van der Waals surface area contributed by atoms with Crippen LogP contribution in [0.25, 0.3) is 0 Å². The van der Waals surface area contributed by atoms with Crippen LogP contribution >= 0.6 is 0 Å². The molecule has 0 aliphatic heterocycles.